The third-order valence-electron chi connectivity index (χ3n) is 3.92. The van der Waals surface area contributed by atoms with E-state index in [9.17, 15) is 9.50 Å². The lowest BCUT2D eigenvalue weighted by Crippen LogP contribution is -1.92. The minimum absolute atomic E-state index is 0.0398. The third kappa shape index (κ3) is 2.05. The number of hydrogen-bond donors (Lipinski definition) is 1. The van der Waals surface area contributed by atoms with E-state index in [1.807, 2.05) is 0 Å². The molecule has 1 N–H and O–H groups in total. The van der Waals surface area contributed by atoms with Gasteiger partial charge in [-0.15, -0.1) is 6.42 Å². The van der Waals surface area contributed by atoms with Gasteiger partial charge in [0.25, 0.3) is 0 Å². The zero-order valence-corrected chi connectivity index (χ0v) is 12.4. The lowest BCUT2D eigenvalue weighted by Gasteiger charge is -2.11. The molecule has 0 atom stereocenters. The van der Waals surface area contributed by atoms with Crippen molar-refractivity contribution in [3.8, 4) is 29.4 Å². The number of phenolic OH excluding ortho intramolecular Hbond substituents is 1. The minimum Gasteiger partial charge on any atom is -0.507 e. The second kappa shape index (κ2) is 5.28. The van der Waals surface area contributed by atoms with Crippen LogP contribution in [0.3, 0.4) is 0 Å². The van der Waals surface area contributed by atoms with Crippen molar-refractivity contribution in [2.45, 2.75) is 0 Å². The number of terminal acetylenes is 1. The maximum atomic E-state index is 13.9. The largest absolute Gasteiger partial charge is 0.507 e. The molecule has 5 heteroatoms. The van der Waals surface area contributed by atoms with Crippen LogP contribution in [0, 0.1) is 18.2 Å². The standard InChI is InChI=1S/C19H10FN3O/c1-2-12-13-4-6-18(24)19(14(13)3-5-15(12)20)17-7-16-11(9-22-17)8-21-10-23-16/h1,3-10,24H. The molecule has 0 aliphatic carbocycles. The lowest BCUT2D eigenvalue weighted by atomic mass is 9.96. The van der Waals surface area contributed by atoms with Gasteiger partial charge in [0.1, 0.15) is 17.9 Å². The number of hydrogen-bond acceptors (Lipinski definition) is 4. The van der Waals surface area contributed by atoms with E-state index >= 15 is 0 Å². The van der Waals surface area contributed by atoms with Crippen molar-refractivity contribution in [1.82, 2.24) is 15.0 Å². The van der Waals surface area contributed by atoms with Gasteiger partial charge in [-0.25, -0.2) is 14.4 Å². The summed E-state index contributed by atoms with van der Waals surface area (Å²) in [6.07, 6.45) is 10.2. The first-order valence-electron chi connectivity index (χ1n) is 7.16. The molecule has 0 saturated heterocycles. The zero-order chi connectivity index (χ0) is 16.7. The monoisotopic (exact) mass is 315 g/mol. The fraction of sp³-hybridized carbons (Fsp3) is 0. The molecule has 4 nitrogen and oxygen atoms in total. The number of aromatic hydroxyl groups is 1. The number of nitrogens with zero attached hydrogens (tertiary/aromatic N) is 3. The molecule has 0 aliphatic heterocycles. The van der Waals surface area contributed by atoms with E-state index in [0.717, 1.165) is 5.39 Å². The molecule has 0 radical (unpaired) electrons. The molecule has 2 aromatic heterocycles. The van der Waals surface area contributed by atoms with Gasteiger partial charge >= 0.3 is 0 Å². The Morgan fingerprint density at radius 2 is 1.88 bits per heavy atom. The van der Waals surface area contributed by atoms with E-state index in [4.69, 9.17) is 6.42 Å². The molecular formula is C19H10FN3O. The van der Waals surface area contributed by atoms with Crippen LogP contribution in [-0.2, 0) is 0 Å². The van der Waals surface area contributed by atoms with Gasteiger partial charge in [-0.1, -0.05) is 12.0 Å². The van der Waals surface area contributed by atoms with Gasteiger partial charge in [0.05, 0.1) is 16.8 Å². The van der Waals surface area contributed by atoms with E-state index in [-0.39, 0.29) is 11.3 Å². The molecule has 2 heterocycles. The number of phenols is 1. The van der Waals surface area contributed by atoms with Crippen LogP contribution in [0.1, 0.15) is 5.56 Å². The predicted octanol–water partition coefficient (Wildman–Crippen LogP) is 3.67. The Morgan fingerprint density at radius 1 is 1.04 bits per heavy atom. The highest BCUT2D eigenvalue weighted by Crippen LogP contribution is 2.37. The predicted molar refractivity (Wildman–Crippen MR) is 89.8 cm³/mol. The molecule has 0 aliphatic rings. The van der Waals surface area contributed by atoms with Gasteiger partial charge in [-0.3, -0.25) is 4.98 Å². The number of aromatic nitrogens is 3. The molecule has 4 rings (SSSR count). The average Bonchev–Trinajstić information content (AvgIpc) is 2.61. The van der Waals surface area contributed by atoms with Gasteiger partial charge in [0.2, 0.25) is 0 Å². The average molecular weight is 315 g/mol. The Balaban J connectivity index is 2.08. The summed E-state index contributed by atoms with van der Waals surface area (Å²) in [7, 11) is 0. The molecule has 0 unspecified atom stereocenters. The lowest BCUT2D eigenvalue weighted by molar-refractivity contribution is 0.478. The minimum atomic E-state index is -0.471. The normalized spacial score (nSPS) is 10.8. The van der Waals surface area contributed by atoms with E-state index in [2.05, 4.69) is 20.9 Å². The van der Waals surface area contributed by atoms with Gasteiger partial charge in [0.15, 0.2) is 0 Å². The molecule has 4 aromatic rings. The second-order valence-corrected chi connectivity index (χ2v) is 5.27. The van der Waals surface area contributed by atoms with Crippen LogP contribution >= 0.6 is 0 Å². The van der Waals surface area contributed by atoms with Crippen molar-refractivity contribution in [2.24, 2.45) is 0 Å². The summed E-state index contributed by atoms with van der Waals surface area (Å²) >= 11 is 0. The van der Waals surface area contributed by atoms with E-state index < -0.39 is 5.82 Å². The van der Waals surface area contributed by atoms with Gasteiger partial charge in [-0.2, -0.15) is 0 Å². The quantitative estimate of drug-likeness (QED) is 0.544. The highest BCUT2D eigenvalue weighted by atomic mass is 19.1. The van der Waals surface area contributed by atoms with Crippen LogP contribution in [0.5, 0.6) is 5.75 Å². The van der Waals surface area contributed by atoms with E-state index in [1.54, 1.807) is 30.6 Å². The Morgan fingerprint density at radius 3 is 2.71 bits per heavy atom. The van der Waals surface area contributed by atoms with Crippen molar-refractivity contribution in [1.29, 1.82) is 0 Å². The maximum absolute atomic E-state index is 13.9. The van der Waals surface area contributed by atoms with Crippen LogP contribution in [0.4, 0.5) is 4.39 Å². The summed E-state index contributed by atoms with van der Waals surface area (Å²) in [6.45, 7) is 0. The van der Waals surface area contributed by atoms with Crippen LogP contribution < -0.4 is 0 Å². The highest BCUT2D eigenvalue weighted by Gasteiger charge is 2.15. The van der Waals surface area contributed by atoms with Crippen LogP contribution in [-0.4, -0.2) is 20.1 Å². The first kappa shape index (κ1) is 14.1. The first-order chi connectivity index (χ1) is 11.7. The fourth-order valence-electron chi connectivity index (χ4n) is 2.80. The molecule has 2 aromatic carbocycles. The van der Waals surface area contributed by atoms with Gasteiger partial charge < -0.3 is 5.11 Å². The van der Waals surface area contributed by atoms with Crippen molar-refractivity contribution >= 4 is 21.7 Å². The fourth-order valence-corrected chi connectivity index (χ4v) is 2.80. The Bertz CT molecular complexity index is 1150. The molecule has 0 fully saturated rings. The van der Waals surface area contributed by atoms with Crippen LogP contribution in [0.15, 0.2) is 49.1 Å². The molecule has 114 valence electrons. The van der Waals surface area contributed by atoms with E-state index in [0.29, 0.717) is 27.5 Å². The summed E-state index contributed by atoms with van der Waals surface area (Å²) < 4.78 is 13.9. The number of rotatable bonds is 1. The van der Waals surface area contributed by atoms with Gasteiger partial charge in [-0.05, 0) is 29.7 Å². The molecular weight excluding hydrogens is 305 g/mol. The molecule has 0 spiro atoms. The SMILES string of the molecule is C#Cc1c(F)ccc2c(-c3cc4ncncc4cn3)c(O)ccc12. The summed E-state index contributed by atoms with van der Waals surface area (Å²) in [5.74, 6) is 1.94. The molecule has 0 bridgehead atoms. The second-order valence-electron chi connectivity index (χ2n) is 5.27. The zero-order valence-electron chi connectivity index (χ0n) is 12.4. The smallest absolute Gasteiger partial charge is 0.139 e. The summed E-state index contributed by atoms with van der Waals surface area (Å²) in [4.78, 5) is 12.5. The number of pyridine rings is 1. The first-order valence-corrected chi connectivity index (χ1v) is 7.16. The molecule has 0 amide bonds. The van der Waals surface area contributed by atoms with Crippen molar-refractivity contribution in [2.75, 3.05) is 0 Å². The summed E-state index contributed by atoms with van der Waals surface area (Å²) in [6, 6.07) is 7.74. The van der Waals surface area contributed by atoms with Crippen LogP contribution in [0.2, 0.25) is 0 Å². The van der Waals surface area contributed by atoms with E-state index in [1.165, 1.54) is 18.5 Å². The Labute approximate surface area is 136 Å². The number of fused-ring (bicyclic) bond motifs is 2. The third-order valence-corrected chi connectivity index (χ3v) is 3.92. The Kier molecular flexibility index (Phi) is 3.10. The van der Waals surface area contributed by atoms with Crippen molar-refractivity contribution in [3.63, 3.8) is 0 Å². The summed E-state index contributed by atoms with van der Waals surface area (Å²) in [5, 5.41) is 12.3. The summed E-state index contributed by atoms with van der Waals surface area (Å²) in [5.41, 5.74) is 1.88. The maximum Gasteiger partial charge on any atom is 0.139 e. The Hall–Kier alpha value is -3.52. The molecule has 24 heavy (non-hydrogen) atoms. The molecule has 0 saturated carbocycles. The highest BCUT2D eigenvalue weighted by molar-refractivity contribution is 6.02. The topological polar surface area (TPSA) is 58.9 Å². The number of benzene rings is 2. The number of halogens is 1. The van der Waals surface area contributed by atoms with Crippen LogP contribution in [0.25, 0.3) is 32.9 Å². The van der Waals surface area contributed by atoms with Gasteiger partial charge in [0, 0.05) is 28.7 Å². The van der Waals surface area contributed by atoms with Crippen molar-refractivity contribution in [3.05, 3.63) is 60.4 Å². The van der Waals surface area contributed by atoms with Crippen molar-refractivity contribution < 1.29 is 9.50 Å².